The number of fused-ring (bicyclic) bond motifs is 1. The summed E-state index contributed by atoms with van der Waals surface area (Å²) in [6, 6.07) is 6.67. The molecule has 0 spiro atoms. The number of aromatic nitrogens is 1. The molecule has 0 aliphatic carbocycles. The fourth-order valence-corrected chi connectivity index (χ4v) is 2.96. The van der Waals surface area contributed by atoms with Crippen molar-refractivity contribution in [3.8, 4) is 0 Å². The molecule has 1 aromatic carbocycles. The van der Waals surface area contributed by atoms with E-state index in [1.165, 1.54) is 0 Å². The number of nitrogens with one attached hydrogen (secondary N) is 1. The van der Waals surface area contributed by atoms with Crippen LogP contribution >= 0.6 is 0 Å². The highest BCUT2D eigenvalue weighted by molar-refractivity contribution is 5.84. The maximum Gasteiger partial charge on any atom is 0.323 e. The number of ether oxygens (including phenoxy) is 2. The minimum Gasteiger partial charge on any atom is -0.462 e. The normalized spacial score (nSPS) is 30.3. The van der Waals surface area contributed by atoms with Crippen molar-refractivity contribution in [2.75, 3.05) is 6.61 Å². The number of H-pyrrole nitrogens is 1. The SMILES string of the molecule is N[C@@H](Cc1c[nH]c2ccccc12)C(=O)OC[C@H]1OC(O)[C@H](O)[C@@H](O)[C@@H]1O. The highest BCUT2D eigenvalue weighted by Crippen LogP contribution is 2.21. The molecule has 0 saturated carbocycles. The van der Waals surface area contributed by atoms with Crippen LogP contribution in [-0.4, -0.2) is 74.7 Å². The van der Waals surface area contributed by atoms with Crippen molar-refractivity contribution in [3.05, 3.63) is 36.0 Å². The summed E-state index contributed by atoms with van der Waals surface area (Å²) in [6.07, 6.45) is -5.58. The van der Waals surface area contributed by atoms with Crippen molar-refractivity contribution in [1.29, 1.82) is 0 Å². The molecule has 0 amide bonds. The van der Waals surface area contributed by atoms with Crippen LogP contribution in [0.5, 0.6) is 0 Å². The van der Waals surface area contributed by atoms with Crippen LogP contribution in [-0.2, 0) is 20.7 Å². The third kappa shape index (κ3) is 3.73. The first kappa shape index (κ1) is 18.8. The van der Waals surface area contributed by atoms with Crippen LogP contribution in [0, 0.1) is 0 Å². The van der Waals surface area contributed by atoms with Gasteiger partial charge in [-0.2, -0.15) is 0 Å². The van der Waals surface area contributed by atoms with Gasteiger partial charge < -0.3 is 40.6 Å². The number of hydrogen-bond donors (Lipinski definition) is 6. The molecule has 0 radical (unpaired) electrons. The van der Waals surface area contributed by atoms with Gasteiger partial charge in [0, 0.05) is 23.5 Å². The average Bonchev–Trinajstić information content (AvgIpc) is 3.04. The molecular weight excluding hydrogens is 344 g/mol. The Balaban J connectivity index is 1.56. The largest absolute Gasteiger partial charge is 0.462 e. The predicted octanol–water partition coefficient (Wildman–Crippen LogP) is -1.62. The van der Waals surface area contributed by atoms with E-state index < -0.39 is 49.3 Å². The van der Waals surface area contributed by atoms with E-state index in [9.17, 15) is 25.2 Å². The number of aliphatic hydroxyl groups is 4. The van der Waals surface area contributed by atoms with Gasteiger partial charge in [0.25, 0.3) is 0 Å². The van der Waals surface area contributed by atoms with Crippen molar-refractivity contribution in [2.45, 2.75) is 43.2 Å². The molecule has 1 aliphatic rings. The fraction of sp³-hybridized carbons (Fsp3) is 0.471. The number of para-hydroxylation sites is 1. The molecule has 7 N–H and O–H groups in total. The number of esters is 1. The Kier molecular flexibility index (Phi) is 5.56. The van der Waals surface area contributed by atoms with Crippen molar-refractivity contribution in [2.24, 2.45) is 5.73 Å². The third-order valence-corrected chi connectivity index (χ3v) is 4.49. The molecule has 142 valence electrons. The standard InChI is InChI=1S/C17H22N2O7/c18-10(5-8-6-19-11-4-2-1-3-9(8)11)16(23)25-7-12-13(20)14(21)15(22)17(24)26-12/h1-4,6,10,12-15,17,19-22,24H,5,7,18H2/t10-,12+,13+,14-,15+,17?/m0/s1. The summed E-state index contributed by atoms with van der Waals surface area (Å²) < 4.78 is 9.99. The van der Waals surface area contributed by atoms with Crippen LogP contribution in [0.3, 0.4) is 0 Å². The van der Waals surface area contributed by atoms with Crippen molar-refractivity contribution < 1.29 is 34.7 Å². The smallest absolute Gasteiger partial charge is 0.323 e. The van der Waals surface area contributed by atoms with Crippen molar-refractivity contribution in [1.82, 2.24) is 4.98 Å². The summed E-state index contributed by atoms with van der Waals surface area (Å²) in [6.45, 7) is -0.414. The van der Waals surface area contributed by atoms with Gasteiger partial charge >= 0.3 is 5.97 Å². The van der Waals surface area contributed by atoms with E-state index in [1.807, 2.05) is 24.3 Å². The Morgan fingerprint density at radius 1 is 1.19 bits per heavy atom. The van der Waals surface area contributed by atoms with Gasteiger partial charge in [0.1, 0.15) is 37.1 Å². The second kappa shape index (κ2) is 7.70. The van der Waals surface area contributed by atoms with Crippen LogP contribution in [0.4, 0.5) is 0 Å². The Labute approximate surface area is 149 Å². The Morgan fingerprint density at radius 2 is 1.92 bits per heavy atom. The summed E-state index contributed by atoms with van der Waals surface area (Å²) in [5.74, 6) is -0.707. The summed E-state index contributed by atoms with van der Waals surface area (Å²) in [5, 5.41) is 39.3. The molecular formula is C17H22N2O7. The lowest BCUT2D eigenvalue weighted by Crippen LogP contribution is -2.58. The Bertz CT molecular complexity index is 764. The molecule has 2 aromatic rings. The predicted molar refractivity (Wildman–Crippen MR) is 89.8 cm³/mol. The second-order valence-corrected chi connectivity index (χ2v) is 6.34. The molecule has 1 saturated heterocycles. The fourth-order valence-electron chi connectivity index (χ4n) is 2.96. The Morgan fingerprint density at radius 3 is 2.69 bits per heavy atom. The zero-order valence-corrected chi connectivity index (χ0v) is 13.9. The number of aliphatic hydroxyl groups excluding tert-OH is 4. The summed E-state index contributed by atoms with van der Waals surface area (Å²) in [5.41, 5.74) is 7.70. The van der Waals surface area contributed by atoms with Gasteiger partial charge in [0.05, 0.1) is 0 Å². The number of rotatable bonds is 5. The molecule has 1 unspecified atom stereocenters. The topological polar surface area (TPSA) is 158 Å². The molecule has 1 aliphatic heterocycles. The van der Waals surface area contributed by atoms with E-state index in [2.05, 4.69) is 4.98 Å². The lowest BCUT2D eigenvalue weighted by molar-refractivity contribution is -0.287. The number of aromatic amines is 1. The molecule has 9 nitrogen and oxygen atoms in total. The van der Waals surface area contributed by atoms with E-state index in [0.29, 0.717) is 0 Å². The molecule has 1 fully saturated rings. The van der Waals surface area contributed by atoms with E-state index >= 15 is 0 Å². The number of carbonyl (C=O) groups excluding carboxylic acids is 1. The maximum atomic E-state index is 12.1. The van der Waals surface area contributed by atoms with Crippen molar-refractivity contribution >= 4 is 16.9 Å². The first-order chi connectivity index (χ1) is 12.4. The molecule has 0 bridgehead atoms. The highest BCUT2D eigenvalue weighted by Gasteiger charge is 2.43. The average molecular weight is 366 g/mol. The van der Waals surface area contributed by atoms with E-state index in [0.717, 1.165) is 16.5 Å². The summed E-state index contributed by atoms with van der Waals surface area (Å²) >= 11 is 0. The summed E-state index contributed by atoms with van der Waals surface area (Å²) in [4.78, 5) is 15.2. The van der Waals surface area contributed by atoms with Gasteiger partial charge in [-0.25, -0.2) is 0 Å². The molecule has 26 heavy (non-hydrogen) atoms. The molecule has 6 atom stereocenters. The number of carbonyl (C=O) groups is 1. The number of hydrogen-bond acceptors (Lipinski definition) is 8. The number of benzene rings is 1. The lowest BCUT2D eigenvalue weighted by atomic mass is 9.99. The molecule has 2 heterocycles. The molecule has 9 heteroatoms. The van der Waals surface area contributed by atoms with Gasteiger partial charge in [-0.3, -0.25) is 4.79 Å². The molecule has 3 rings (SSSR count). The van der Waals surface area contributed by atoms with Gasteiger partial charge in [0.15, 0.2) is 6.29 Å². The summed E-state index contributed by atoms with van der Waals surface area (Å²) in [7, 11) is 0. The first-order valence-electron chi connectivity index (χ1n) is 8.23. The van der Waals surface area contributed by atoms with Gasteiger partial charge in [0.2, 0.25) is 0 Å². The minimum atomic E-state index is -1.68. The lowest BCUT2D eigenvalue weighted by Gasteiger charge is -2.37. The van der Waals surface area contributed by atoms with Crippen LogP contribution < -0.4 is 5.73 Å². The van der Waals surface area contributed by atoms with Gasteiger partial charge in [-0.1, -0.05) is 18.2 Å². The maximum absolute atomic E-state index is 12.1. The van der Waals surface area contributed by atoms with Gasteiger partial charge in [-0.15, -0.1) is 0 Å². The highest BCUT2D eigenvalue weighted by atomic mass is 16.6. The van der Waals surface area contributed by atoms with Crippen LogP contribution in [0.25, 0.3) is 10.9 Å². The first-order valence-corrected chi connectivity index (χ1v) is 8.23. The minimum absolute atomic E-state index is 0.251. The van der Waals surface area contributed by atoms with Crippen LogP contribution in [0.15, 0.2) is 30.5 Å². The van der Waals surface area contributed by atoms with E-state index in [4.69, 9.17) is 15.2 Å². The van der Waals surface area contributed by atoms with Gasteiger partial charge in [-0.05, 0) is 11.6 Å². The zero-order valence-electron chi connectivity index (χ0n) is 13.9. The monoisotopic (exact) mass is 366 g/mol. The van der Waals surface area contributed by atoms with Crippen LogP contribution in [0.2, 0.25) is 0 Å². The van der Waals surface area contributed by atoms with Crippen molar-refractivity contribution in [3.63, 3.8) is 0 Å². The zero-order chi connectivity index (χ0) is 18.8. The third-order valence-electron chi connectivity index (χ3n) is 4.49. The quantitative estimate of drug-likeness (QED) is 0.345. The van der Waals surface area contributed by atoms with E-state index in [-0.39, 0.29) is 6.42 Å². The number of nitrogens with two attached hydrogens (primary N) is 1. The van der Waals surface area contributed by atoms with E-state index in [1.54, 1.807) is 6.20 Å². The Hall–Kier alpha value is -2.01. The van der Waals surface area contributed by atoms with Crippen LogP contribution in [0.1, 0.15) is 5.56 Å². The molecule has 1 aromatic heterocycles. The second-order valence-electron chi connectivity index (χ2n) is 6.34.